The number of benzene rings is 2. The predicted octanol–water partition coefficient (Wildman–Crippen LogP) is 4.46. The Labute approximate surface area is 129 Å². The maximum absolute atomic E-state index is 6.59. The summed E-state index contributed by atoms with van der Waals surface area (Å²) in [5, 5.41) is 0. The highest BCUT2D eigenvalue weighted by Gasteiger charge is 2.27. The van der Waals surface area contributed by atoms with Crippen LogP contribution in [0.4, 0.5) is 0 Å². The van der Waals surface area contributed by atoms with Crippen molar-refractivity contribution in [3.05, 3.63) is 64.1 Å². The Kier molecular flexibility index (Phi) is 4.51. The van der Waals surface area contributed by atoms with Gasteiger partial charge in [-0.05, 0) is 44.5 Å². The quantitative estimate of drug-likeness (QED) is 0.896. The molecule has 106 valence electrons. The summed E-state index contributed by atoms with van der Waals surface area (Å²) in [5.41, 5.74) is 8.05. The van der Waals surface area contributed by atoms with Gasteiger partial charge in [0.05, 0.1) is 11.6 Å². The van der Waals surface area contributed by atoms with Crippen molar-refractivity contribution in [2.75, 3.05) is 0 Å². The van der Waals surface area contributed by atoms with Gasteiger partial charge in [0, 0.05) is 10.0 Å². The van der Waals surface area contributed by atoms with Crippen LogP contribution in [0.1, 0.15) is 31.9 Å². The fourth-order valence-corrected chi connectivity index (χ4v) is 2.47. The molecule has 0 amide bonds. The second-order valence-corrected chi connectivity index (χ2v) is 6.29. The summed E-state index contributed by atoms with van der Waals surface area (Å²) in [5.74, 6) is 0.843. The standard InChI is InChI=1S/C17H20BrNO/c1-12(2)20-16-7-5-4-6-15(16)17(3,19)13-8-10-14(18)11-9-13/h4-12H,19H2,1-3H3. The number of rotatable bonds is 4. The van der Waals surface area contributed by atoms with Crippen molar-refractivity contribution in [3.8, 4) is 5.75 Å². The highest BCUT2D eigenvalue weighted by molar-refractivity contribution is 9.10. The molecule has 0 fully saturated rings. The van der Waals surface area contributed by atoms with E-state index in [0.29, 0.717) is 0 Å². The predicted molar refractivity (Wildman–Crippen MR) is 87.0 cm³/mol. The van der Waals surface area contributed by atoms with E-state index in [9.17, 15) is 0 Å². The molecule has 0 bridgehead atoms. The summed E-state index contributed by atoms with van der Waals surface area (Å²) >= 11 is 3.45. The molecule has 0 saturated heterocycles. The van der Waals surface area contributed by atoms with Crippen LogP contribution in [0.2, 0.25) is 0 Å². The lowest BCUT2D eigenvalue weighted by atomic mass is 9.85. The summed E-state index contributed by atoms with van der Waals surface area (Å²) in [7, 11) is 0. The lowest BCUT2D eigenvalue weighted by Gasteiger charge is -2.28. The van der Waals surface area contributed by atoms with Crippen molar-refractivity contribution in [2.24, 2.45) is 5.73 Å². The normalized spacial score (nSPS) is 14.1. The minimum Gasteiger partial charge on any atom is -0.491 e. The highest BCUT2D eigenvalue weighted by Crippen LogP contribution is 2.34. The molecule has 0 aromatic heterocycles. The van der Waals surface area contributed by atoms with Gasteiger partial charge in [0.1, 0.15) is 5.75 Å². The van der Waals surface area contributed by atoms with Crippen LogP contribution < -0.4 is 10.5 Å². The van der Waals surface area contributed by atoms with E-state index in [1.807, 2.05) is 69.3 Å². The lowest BCUT2D eigenvalue weighted by molar-refractivity contribution is 0.237. The molecule has 0 spiro atoms. The van der Waals surface area contributed by atoms with Crippen molar-refractivity contribution in [3.63, 3.8) is 0 Å². The van der Waals surface area contributed by atoms with Gasteiger partial charge in [-0.1, -0.05) is 46.3 Å². The monoisotopic (exact) mass is 333 g/mol. The molecule has 1 unspecified atom stereocenters. The minimum absolute atomic E-state index is 0.122. The third-order valence-corrected chi connectivity index (χ3v) is 3.78. The van der Waals surface area contributed by atoms with E-state index in [2.05, 4.69) is 15.9 Å². The molecular formula is C17H20BrNO. The van der Waals surface area contributed by atoms with Crippen molar-refractivity contribution in [1.29, 1.82) is 0 Å². The zero-order valence-electron chi connectivity index (χ0n) is 12.1. The van der Waals surface area contributed by atoms with Gasteiger partial charge in [0.25, 0.3) is 0 Å². The minimum atomic E-state index is -0.591. The number of halogens is 1. The molecule has 2 aromatic carbocycles. The smallest absolute Gasteiger partial charge is 0.125 e. The van der Waals surface area contributed by atoms with Crippen LogP contribution in [0.5, 0.6) is 5.75 Å². The van der Waals surface area contributed by atoms with Crippen molar-refractivity contribution < 1.29 is 4.74 Å². The third-order valence-electron chi connectivity index (χ3n) is 3.25. The molecule has 0 aliphatic rings. The Morgan fingerprint density at radius 3 is 2.25 bits per heavy atom. The number of hydrogen-bond acceptors (Lipinski definition) is 2. The van der Waals surface area contributed by atoms with Crippen LogP contribution in [0.15, 0.2) is 53.0 Å². The van der Waals surface area contributed by atoms with Gasteiger partial charge in [-0.3, -0.25) is 0 Å². The Hall–Kier alpha value is -1.32. The number of ether oxygens (including phenoxy) is 1. The van der Waals surface area contributed by atoms with E-state index in [4.69, 9.17) is 10.5 Å². The van der Waals surface area contributed by atoms with Crippen LogP contribution in [0.25, 0.3) is 0 Å². The first-order valence-electron chi connectivity index (χ1n) is 6.72. The van der Waals surface area contributed by atoms with Gasteiger partial charge in [-0.25, -0.2) is 0 Å². The van der Waals surface area contributed by atoms with Crippen LogP contribution in [-0.2, 0) is 5.54 Å². The topological polar surface area (TPSA) is 35.2 Å². The molecule has 2 nitrogen and oxygen atoms in total. The molecule has 1 atom stereocenters. The van der Waals surface area contributed by atoms with Gasteiger partial charge in [0.2, 0.25) is 0 Å². The van der Waals surface area contributed by atoms with Gasteiger partial charge in [-0.2, -0.15) is 0 Å². The molecule has 0 aliphatic heterocycles. The largest absolute Gasteiger partial charge is 0.491 e. The maximum Gasteiger partial charge on any atom is 0.125 e. The molecule has 0 heterocycles. The van der Waals surface area contributed by atoms with E-state index >= 15 is 0 Å². The molecule has 0 radical (unpaired) electrons. The van der Waals surface area contributed by atoms with Gasteiger partial charge in [0.15, 0.2) is 0 Å². The first kappa shape index (κ1) is 15.1. The molecule has 0 saturated carbocycles. The van der Waals surface area contributed by atoms with Crippen LogP contribution >= 0.6 is 15.9 Å². The van der Waals surface area contributed by atoms with Gasteiger partial charge < -0.3 is 10.5 Å². The summed E-state index contributed by atoms with van der Waals surface area (Å²) in [6.45, 7) is 6.05. The molecular weight excluding hydrogens is 314 g/mol. The first-order chi connectivity index (χ1) is 9.41. The maximum atomic E-state index is 6.59. The molecule has 3 heteroatoms. The molecule has 2 aromatic rings. The molecule has 2 N–H and O–H groups in total. The number of hydrogen-bond donors (Lipinski definition) is 1. The average molecular weight is 334 g/mol. The van der Waals surface area contributed by atoms with Crippen molar-refractivity contribution >= 4 is 15.9 Å². The summed E-state index contributed by atoms with van der Waals surface area (Å²) in [4.78, 5) is 0. The molecule has 2 rings (SSSR count). The SMILES string of the molecule is CC(C)Oc1ccccc1C(C)(N)c1ccc(Br)cc1. The summed E-state index contributed by atoms with van der Waals surface area (Å²) in [6.07, 6.45) is 0.122. The molecule has 20 heavy (non-hydrogen) atoms. The fraction of sp³-hybridized carbons (Fsp3) is 0.294. The highest BCUT2D eigenvalue weighted by atomic mass is 79.9. The Morgan fingerprint density at radius 1 is 1.05 bits per heavy atom. The summed E-state index contributed by atoms with van der Waals surface area (Å²) in [6, 6.07) is 16.1. The second kappa shape index (κ2) is 5.98. The Balaban J connectivity index is 2.45. The van der Waals surface area contributed by atoms with E-state index in [1.54, 1.807) is 0 Å². The second-order valence-electron chi connectivity index (χ2n) is 5.37. The average Bonchev–Trinajstić information content (AvgIpc) is 2.39. The zero-order valence-corrected chi connectivity index (χ0v) is 13.6. The lowest BCUT2D eigenvalue weighted by Crippen LogP contribution is -2.35. The van der Waals surface area contributed by atoms with Crippen LogP contribution in [0, 0.1) is 0 Å². The van der Waals surface area contributed by atoms with Crippen LogP contribution in [-0.4, -0.2) is 6.10 Å². The van der Waals surface area contributed by atoms with Crippen LogP contribution in [0.3, 0.4) is 0 Å². The molecule has 0 aliphatic carbocycles. The summed E-state index contributed by atoms with van der Waals surface area (Å²) < 4.78 is 6.93. The fourth-order valence-electron chi connectivity index (χ4n) is 2.20. The Morgan fingerprint density at radius 2 is 1.65 bits per heavy atom. The van der Waals surface area contributed by atoms with Crippen molar-refractivity contribution in [1.82, 2.24) is 0 Å². The first-order valence-corrected chi connectivity index (χ1v) is 7.51. The zero-order chi connectivity index (χ0) is 14.8. The number of para-hydroxylation sites is 1. The van der Waals surface area contributed by atoms with Gasteiger partial charge in [-0.15, -0.1) is 0 Å². The van der Waals surface area contributed by atoms with E-state index in [-0.39, 0.29) is 6.10 Å². The van der Waals surface area contributed by atoms with E-state index in [0.717, 1.165) is 21.3 Å². The van der Waals surface area contributed by atoms with E-state index in [1.165, 1.54) is 0 Å². The third kappa shape index (κ3) is 3.22. The van der Waals surface area contributed by atoms with Crippen molar-refractivity contribution in [2.45, 2.75) is 32.4 Å². The Bertz CT molecular complexity index is 576. The van der Waals surface area contributed by atoms with E-state index < -0.39 is 5.54 Å². The number of nitrogens with two attached hydrogens (primary N) is 1. The van der Waals surface area contributed by atoms with Gasteiger partial charge >= 0.3 is 0 Å².